The second-order valence-corrected chi connectivity index (χ2v) is 4.42. The van der Waals surface area contributed by atoms with Crippen LogP contribution in [0.5, 0.6) is 5.88 Å². The number of nitrogens with zero attached hydrogens (tertiary/aromatic N) is 2. The first-order chi connectivity index (χ1) is 9.15. The van der Waals surface area contributed by atoms with Crippen molar-refractivity contribution in [3.8, 4) is 5.88 Å². The molecule has 0 spiro atoms. The molecule has 0 radical (unpaired) electrons. The minimum atomic E-state index is 0.374. The van der Waals surface area contributed by atoms with E-state index in [1.54, 1.807) is 7.11 Å². The fourth-order valence-corrected chi connectivity index (χ4v) is 1.41. The van der Waals surface area contributed by atoms with Crippen molar-refractivity contribution in [3.63, 3.8) is 0 Å². The highest BCUT2D eigenvalue weighted by atomic mass is 16.5. The number of ether oxygens (including phenoxy) is 2. The van der Waals surface area contributed by atoms with Gasteiger partial charge in [-0.25, -0.2) is 4.98 Å². The van der Waals surface area contributed by atoms with Gasteiger partial charge in [-0.3, -0.25) is 0 Å². The molecule has 0 amide bonds. The SMILES string of the molecule is C=C(C)CCOc1cc(NCCC)nc(COC)n1. The van der Waals surface area contributed by atoms with E-state index in [0.717, 1.165) is 30.8 Å². The fourth-order valence-electron chi connectivity index (χ4n) is 1.41. The summed E-state index contributed by atoms with van der Waals surface area (Å²) in [4.78, 5) is 8.66. The van der Waals surface area contributed by atoms with E-state index in [1.807, 2.05) is 13.0 Å². The summed E-state index contributed by atoms with van der Waals surface area (Å²) in [6.45, 7) is 9.75. The van der Waals surface area contributed by atoms with Gasteiger partial charge in [-0.05, 0) is 13.3 Å². The Kier molecular flexibility index (Phi) is 6.89. The Hall–Kier alpha value is -1.62. The first-order valence-electron chi connectivity index (χ1n) is 6.53. The van der Waals surface area contributed by atoms with Crippen LogP contribution >= 0.6 is 0 Å². The minimum absolute atomic E-state index is 0.374. The molecule has 0 saturated carbocycles. The van der Waals surface area contributed by atoms with E-state index in [1.165, 1.54) is 0 Å². The Bertz CT molecular complexity index is 408. The molecule has 1 aromatic heterocycles. The van der Waals surface area contributed by atoms with E-state index in [-0.39, 0.29) is 0 Å². The van der Waals surface area contributed by atoms with Crippen molar-refractivity contribution in [2.75, 3.05) is 25.6 Å². The van der Waals surface area contributed by atoms with Gasteiger partial charge in [0, 0.05) is 26.1 Å². The average Bonchev–Trinajstić information content (AvgIpc) is 2.36. The summed E-state index contributed by atoms with van der Waals surface area (Å²) in [5, 5.41) is 3.23. The van der Waals surface area contributed by atoms with Crippen molar-refractivity contribution in [2.45, 2.75) is 33.3 Å². The molecule has 1 rings (SSSR count). The maximum absolute atomic E-state index is 5.62. The molecule has 0 aliphatic heterocycles. The third-order valence-corrected chi connectivity index (χ3v) is 2.36. The molecule has 0 atom stereocenters. The average molecular weight is 265 g/mol. The van der Waals surface area contributed by atoms with Gasteiger partial charge in [-0.1, -0.05) is 12.5 Å². The van der Waals surface area contributed by atoms with Crippen molar-refractivity contribution in [2.24, 2.45) is 0 Å². The molecule has 0 bridgehead atoms. The molecule has 5 nitrogen and oxygen atoms in total. The lowest BCUT2D eigenvalue weighted by molar-refractivity contribution is 0.176. The Labute approximate surface area is 115 Å². The van der Waals surface area contributed by atoms with Gasteiger partial charge in [0.2, 0.25) is 5.88 Å². The van der Waals surface area contributed by atoms with Gasteiger partial charge >= 0.3 is 0 Å². The van der Waals surface area contributed by atoms with E-state index in [9.17, 15) is 0 Å². The number of anilines is 1. The zero-order valence-corrected chi connectivity index (χ0v) is 12.0. The first-order valence-corrected chi connectivity index (χ1v) is 6.53. The van der Waals surface area contributed by atoms with Crippen molar-refractivity contribution in [1.29, 1.82) is 0 Å². The molecule has 0 saturated heterocycles. The highest BCUT2D eigenvalue weighted by Crippen LogP contribution is 2.15. The van der Waals surface area contributed by atoms with E-state index in [4.69, 9.17) is 9.47 Å². The molecule has 0 aliphatic rings. The molecule has 5 heteroatoms. The molecule has 0 aliphatic carbocycles. The Balaban J connectivity index is 2.71. The maximum Gasteiger partial charge on any atom is 0.218 e. The van der Waals surface area contributed by atoms with Gasteiger partial charge < -0.3 is 14.8 Å². The molecule has 19 heavy (non-hydrogen) atoms. The van der Waals surface area contributed by atoms with Gasteiger partial charge in [0.15, 0.2) is 5.82 Å². The van der Waals surface area contributed by atoms with Crippen molar-refractivity contribution in [1.82, 2.24) is 9.97 Å². The molecule has 0 unspecified atom stereocenters. The summed E-state index contributed by atoms with van der Waals surface area (Å²) in [6.07, 6.45) is 1.86. The van der Waals surface area contributed by atoms with Crippen LogP contribution in [0.1, 0.15) is 32.5 Å². The van der Waals surface area contributed by atoms with Gasteiger partial charge in [0.05, 0.1) is 6.61 Å². The van der Waals surface area contributed by atoms with Crippen LogP contribution in [0.3, 0.4) is 0 Å². The monoisotopic (exact) mass is 265 g/mol. The van der Waals surface area contributed by atoms with E-state index >= 15 is 0 Å². The summed E-state index contributed by atoms with van der Waals surface area (Å²) in [5.41, 5.74) is 1.09. The maximum atomic E-state index is 5.62. The highest BCUT2D eigenvalue weighted by Gasteiger charge is 2.05. The van der Waals surface area contributed by atoms with Crippen LogP contribution in [0.4, 0.5) is 5.82 Å². The first kappa shape index (κ1) is 15.4. The Morgan fingerprint density at radius 1 is 1.42 bits per heavy atom. The van der Waals surface area contributed by atoms with Gasteiger partial charge in [0.25, 0.3) is 0 Å². The lowest BCUT2D eigenvalue weighted by atomic mass is 10.3. The van der Waals surface area contributed by atoms with E-state index < -0.39 is 0 Å². The third-order valence-electron chi connectivity index (χ3n) is 2.36. The lowest BCUT2D eigenvalue weighted by Gasteiger charge is -2.10. The number of rotatable bonds is 9. The quantitative estimate of drug-likeness (QED) is 0.696. The Morgan fingerprint density at radius 2 is 2.21 bits per heavy atom. The van der Waals surface area contributed by atoms with Crippen molar-refractivity contribution in [3.05, 3.63) is 24.0 Å². The molecule has 0 fully saturated rings. The van der Waals surface area contributed by atoms with Crippen LogP contribution in [-0.4, -0.2) is 30.2 Å². The van der Waals surface area contributed by atoms with E-state index in [2.05, 4.69) is 28.8 Å². The van der Waals surface area contributed by atoms with Crippen LogP contribution in [0.2, 0.25) is 0 Å². The predicted octanol–water partition coefficient (Wildman–Crippen LogP) is 2.79. The van der Waals surface area contributed by atoms with Crippen LogP contribution < -0.4 is 10.1 Å². The van der Waals surface area contributed by atoms with Gasteiger partial charge in [-0.15, -0.1) is 6.58 Å². The number of nitrogens with one attached hydrogen (secondary N) is 1. The van der Waals surface area contributed by atoms with Crippen molar-refractivity contribution < 1.29 is 9.47 Å². The van der Waals surface area contributed by atoms with Crippen LogP contribution in [-0.2, 0) is 11.3 Å². The van der Waals surface area contributed by atoms with Crippen LogP contribution in [0.25, 0.3) is 0 Å². The molecule has 106 valence electrons. The van der Waals surface area contributed by atoms with Gasteiger partial charge in [-0.2, -0.15) is 4.98 Å². The highest BCUT2D eigenvalue weighted by molar-refractivity contribution is 5.38. The predicted molar refractivity (Wildman–Crippen MR) is 76.5 cm³/mol. The third kappa shape index (κ3) is 6.20. The largest absolute Gasteiger partial charge is 0.477 e. The summed E-state index contributed by atoms with van der Waals surface area (Å²) in [5.74, 6) is 1.96. The molecule has 0 aromatic carbocycles. The molecular formula is C14H23N3O2. The number of methoxy groups -OCH3 is 1. The molecule has 1 aromatic rings. The second-order valence-electron chi connectivity index (χ2n) is 4.42. The fraction of sp³-hybridized carbons (Fsp3) is 0.571. The molecular weight excluding hydrogens is 242 g/mol. The molecule has 1 heterocycles. The second kappa shape index (κ2) is 8.48. The van der Waals surface area contributed by atoms with Crippen LogP contribution in [0, 0.1) is 0 Å². The Morgan fingerprint density at radius 3 is 2.84 bits per heavy atom. The van der Waals surface area contributed by atoms with Crippen LogP contribution in [0.15, 0.2) is 18.2 Å². The molecule has 1 N–H and O–H groups in total. The summed E-state index contributed by atoms with van der Waals surface area (Å²) in [6, 6.07) is 1.81. The number of hydrogen-bond acceptors (Lipinski definition) is 5. The zero-order valence-electron chi connectivity index (χ0n) is 12.0. The smallest absolute Gasteiger partial charge is 0.218 e. The lowest BCUT2D eigenvalue weighted by Crippen LogP contribution is -2.08. The number of hydrogen-bond donors (Lipinski definition) is 1. The van der Waals surface area contributed by atoms with Gasteiger partial charge in [0.1, 0.15) is 12.4 Å². The normalized spacial score (nSPS) is 10.3. The topological polar surface area (TPSA) is 56.3 Å². The van der Waals surface area contributed by atoms with E-state index in [0.29, 0.717) is 24.9 Å². The zero-order chi connectivity index (χ0) is 14.1. The summed E-state index contributed by atoms with van der Waals surface area (Å²) < 4.78 is 10.7. The minimum Gasteiger partial charge on any atom is -0.477 e. The number of aromatic nitrogens is 2. The summed E-state index contributed by atoms with van der Waals surface area (Å²) >= 11 is 0. The van der Waals surface area contributed by atoms with Crippen molar-refractivity contribution >= 4 is 5.82 Å². The standard InChI is InChI=1S/C14H23N3O2/c1-5-7-15-12-9-14(19-8-6-11(2)3)17-13(16-12)10-18-4/h9H,2,5-8,10H2,1,3-4H3,(H,15,16,17). The summed E-state index contributed by atoms with van der Waals surface area (Å²) in [7, 11) is 1.62.